The van der Waals surface area contributed by atoms with Crippen LogP contribution in [0.15, 0.2) is 54.7 Å². The van der Waals surface area contributed by atoms with E-state index in [0.29, 0.717) is 37.6 Å². The molecule has 0 saturated carbocycles. The van der Waals surface area contributed by atoms with Gasteiger partial charge in [0.2, 0.25) is 0 Å². The van der Waals surface area contributed by atoms with Gasteiger partial charge in [0.05, 0.1) is 28.8 Å². The summed E-state index contributed by atoms with van der Waals surface area (Å²) >= 11 is 0. The first-order chi connectivity index (χ1) is 16.0. The maximum absolute atomic E-state index is 13.2. The maximum Gasteiger partial charge on any atom is 0.257 e. The van der Waals surface area contributed by atoms with Crippen LogP contribution in [-0.2, 0) is 0 Å². The number of nitrogens with zero attached hydrogens (tertiary/aromatic N) is 8. The predicted octanol–water partition coefficient (Wildman–Crippen LogP) is 2.74. The Kier molecular flexibility index (Phi) is 5.37. The lowest BCUT2D eigenvalue weighted by atomic mass is 10.2. The SMILES string of the molecule is Cc1cc(C)n(-c2ccc(N3CCN(C(=O)c4cnn(-c5ccccc5)c4C)CC3)nn2)n1. The fourth-order valence-corrected chi connectivity index (χ4v) is 4.22. The molecule has 33 heavy (non-hydrogen) atoms. The molecule has 4 heterocycles. The molecule has 0 spiro atoms. The molecule has 0 N–H and O–H groups in total. The van der Waals surface area contributed by atoms with Gasteiger partial charge >= 0.3 is 0 Å². The number of carbonyl (C=O) groups excluding carboxylic acids is 1. The van der Waals surface area contributed by atoms with Crippen LogP contribution in [0.4, 0.5) is 5.82 Å². The number of anilines is 1. The minimum absolute atomic E-state index is 0.0142. The van der Waals surface area contributed by atoms with Crippen molar-refractivity contribution in [1.82, 2.24) is 34.7 Å². The number of para-hydroxylation sites is 1. The average molecular weight is 443 g/mol. The van der Waals surface area contributed by atoms with Gasteiger partial charge in [0.25, 0.3) is 5.91 Å². The van der Waals surface area contributed by atoms with Gasteiger partial charge < -0.3 is 9.80 Å². The Morgan fingerprint density at radius 3 is 2.18 bits per heavy atom. The molecule has 4 aromatic rings. The Morgan fingerprint density at radius 1 is 0.848 bits per heavy atom. The minimum Gasteiger partial charge on any atom is -0.352 e. The number of hydrogen-bond donors (Lipinski definition) is 0. The highest BCUT2D eigenvalue weighted by atomic mass is 16.2. The molecule has 0 unspecified atom stereocenters. The molecular weight excluding hydrogens is 416 g/mol. The van der Waals surface area contributed by atoms with E-state index in [1.165, 1.54) is 0 Å². The fourth-order valence-electron chi connectivity index (χ4n) is 4.22. The lowest BCUT2D eigenvalue weighted by molar-refractivity contribution is 0.0745. The number of rotatable bonds is 4. The predicted molar refractivity (Wildman–Crippen MR) is 125 cm³/mol. The van der Waals surface area contributed by atoms with E-state index in [4.69, 9.17) is 0 Å². The van der Waals surface area contributed by atoms with Crippen LogP contribution in [0.5, 0.6) is 0 Å². The summed E-state index contributed by atoms with van der Waals surface area (Å²) in [5, 5.41) is 17.7. The largest absolute Gasteiger partial charge is 0.352 e. The highest BCUT2D eigenvalue weighted by molar-refractivity contribution is 5.95. The van der Waals surface area contributed by atoms with Gasteiger partial charge in [-0.25, -0.2) is 9.36 Å². The van der Waals surface area contributed by atoms with Gasteiger partial charge in [0.1, 0.15) is 0 Å². The van der Waals surface area contributed by atoms with Crippen LogP contribution in [0, 0.1) is 20.8 Å². The number of amides is 1. The van der Waals surface area contributed by atoms with Gasteiger partial charge in [-0.1, -0.05) is 18.2 Å². The van der Waals surface area contributed by atoms with E-state index in [-0.39, 0.29) is 5.91 Å². The summed E-state index contributed by atoms with van der Waals surface area (Å²) in [5.74, 6) is 1.52. The van der Waals surface area contributed by atoms with Gasteiger partial charge in [0.15, 0.2) is 11.6 Å². The third kappa shape index (κ3) is 3.97. The van der Waals surface area contributed by atoms with E-state index in [2.05, 4.69) is 25.3 Å². The van der Waals surface area contributed by atoms with Gasteiger partial charge in [0, 0.05) is 31.9 Å². The number of aromatic nitrogens is 6. The standard InChI is InChI=1S/C24H26N8O/c1-17-15-18(2)31(28-17)23-10-9-22(26-27-23)29-11-13-30(14-12-29)24(33)21-16-25-32(19(21)3)20-7-5-4-6-8-20/h4-10,15-16H,11-14H2,1-3H3. The van der Waals surface area contributed by atoms with E-state index in [9.17, 15) is 4.79 Å². The third-order valence-corrected chi connectivity index (χ3v) is 5.99. The summed E-state index contributed by atoms with van der Waals surface area (Å²) in [6.07, 6.45) is 1.67. The van der Waals surface area contributed by atoms with Crippen molar-refractivity contribution in [1.29, 1.82) is 0 Å². The van der Waals surface area contributed by atoms with E-state index >= 15 is 0 Å². The highest BCUT2D eigenvalue weighted by Gasteiger charge is 2.26. The molecule has 1 aliphatic rings. The first-order valence-corrected chi connectivity index (χ1v) is 11.0. The van der Waals surface area contributed by atoms with Gasteiger partial charge in [-0.05, 0) is 51.1 Å². The first kappa shape index (κ1) is 20.9. The van der Waals surface area contributed by atoms with Gasteiger partial charge in [-0.15, -0.1) is 10.2 Å². The second-order valence-electron chi connectivity index (χ2n) is 8.26. The summed E-state index contributed by atoms with van der Waals surface area (Å²) in [6, 6.07) is 15.8. The molecule has 0 atom stereocenters. The molecule has 1 amide bonds. The Balaban J connectivity index is 1.25. The van der Waals surface area contributed by atoms with Gasteiger partial charge in [-0.2, -0.15) is 10.2 Å². The van der Waals surface area contributed by atoms with E-state index in [1.807, 2.05) is 78.9 Å². The molecule has 1 aromatic carbocycles. The number of hydrogen-bond acceptors (Lipinski definition) is 6. The summed E-state index contributed by atoms with van der Waals surface area (Å²) in [5.41, 5.74) is 4.40. The average Bonchev–Trinajstić information content (AvgIpc) is 3.40. The zero-order chi connectivity index (χ0) is 22.9. The Hall–Kier alpha value is -4.01. The smallest absolute Gasteiger partial charge is 0.257 e. The summed E-state index contributed by atoms with van der Waals surface area (Å²) in [7, 11) is 0. The summed E-state index contributed by atoms with van der Waals surface area (Å²) < 4.78 is 3.60. The number of carbonyl (C=O) groups is 1. The van der Waals surface area contributed by atoms with Crippen molar-refractivity contribution in [3.63, 3.8) is 0 Å². The molecule has 0 radical (unpaired) electrons. The van der Waals surface area contributed by atoms with Crippen molar-refractivity contribution in [2.24, 2.45) is 0 Å². The minimum atomic E-state index is 0.0142. The molecule has 1 saturated heterocycles. The Labute approximate surface area is 192 Å². The molecule has 1 fully saturated rings. The summed E-state index contributed by atoms with van der Waals surface area (Å²) in [4.78, 5) is 17.2. The highest BCUT2D eigenvalue weighted by Crippen LogP contribution is 2.19. The zero-order valence-electron chi connectivity index (χ0n) is 19.0. The van der Waals surface area contributed by atoms with E-state index in [1.54, 1.807) is 10.9 Å². The molecule has 9 nitrogen and oxygen atoms in total. The third-order valence-electron chi connectivity index (χ3n) is 5.99. The van der Waals surface area contributed by atoms with Crippen LogP contribution in [-0.4, -0.2) is 66.7 Å². The molecule has 3 aromatic heterocycles. The number of benzene rings is 1. The van der Waals surface area contributed by atoms with Crippen molar-refractivity contribution in [3.8, 4) is 11.5 Å². The second kappa shape index (κ2) is 8.50. The molecule has 5 rings (SSSR count). The second-order valence-corrected chi connectivity index (χ2v) is 8.26. The van der Waals surface area contributed by atoms with Crippen molar-refractivity contribution in [2.75, 3.05) is 31.1 Å². The van der Waals surface area contributed by atoms with Crippen molar-refractivity contribution in [2.45, 2.75) is 20.8 Å². The number of piperazine rings is 1. The monoisotopic (exact) mass is 442 g/mol. The zero-order valence-corrected chi connectivity index (χ0v) is 19.0. The number of aryl methyl sites for hydroxylation is 2. The first-order valence-electron chi connectivity index (χ1n) is 11.0. The van der Waals surface area contributed by atoms with E-state index in [0.717, 1.165) is 28.6 Å². The maximum atomic E-state index is 13.2. The Bertz CT molecular complexity index is 1270. The molecular formula is C24H26N8O. The summed E-state index contributed by atoms with van der Waals surface area (Å²) in [6.45, 7) is 8.53. The fraction of sp³-hybridized carbons (Fsp3) is 0.292. The topological polar surface area (TPSA) is 85.0 Å². The van der Waals surface area contributed by atoms with Crippen LogP contribution < -0.4 is 4.90 Å². The van der Waals surface area contributed by atoms with Crippen LogP contribution in [0.2, 0.25) is 0 Å². The van der Waals surface area contributed by atoms with Gasteiger partial charge in [-0.3, -0.25) is 4.79 Å². The van der Waals surface area contributed by atoms with Crippen LogP contribution in [0.3, 0.4) is 0 Å². The van der Waals surface area contributed by atoms with Crippen LogP contribution in [0.1, 0.15) is 27.4 Å². The van der Waals surface area contributed by atoms with Crippen molar-refractivity contribution < 1.29 is 4.79 Å². The molecule has 0 bridgehead atoms. The molecule has 0 aliphatic carbocycles. The molecule has 1 aliphatic heterocycles. The lowest BCUT2D eigenvalue weighted by Crippen LogP contribution is -2.49. The quantitative estimate of drug-likeness (QED) is 0.483. The Morgan fingerprint density at radius 2 is 1.55 bits per heavy atom. The van der Waals surface area contributed by atoms with Crippen molar-refractivity contribution >= 4 is 11.7 Å². The molecule has 168 valence electrons. The van der Waals surface area contributed by atoms with Crippen LogP contribution in [0.25, 0.3) is 11.5 Å². The van der Waals surface area contributed by atoms with Crippen LogP contribution >= 0.6 is 0 Å². The normalized spacial score (nSPS) is 14.0. The lowest BCUT2D eigenvalue weighted by Gasteiger charge is -2.35. The van der Waals surface area contributed by atoms with E-state index < -0.39 is 0 Å². The van der Waals surface area contributed by atoms with Crippen molar-refractivity contribution in [3.05, 3.63) is 77.4 Å². The molecule has 9 heteroatoms.